The number of hydrogen-bond acceptors (Lipinski definition) is 3. The van der Waals surface area contributed by atoms with Crippen LogP contribution in [-0.2, 0) is 10.8 Å². The first-order chi connectivity index (χ1) is 7.16. The molecule has 2 N–H and O–H groups in total. The molecule has 2 rings (SSSR count). The number of likely N-dealkylation sites (tertiary alicyclic amines) is 1. The monoisotopic (exact) mass is 230 g/mol. The van der Waals surface area contributed by atoms with Gasteiger partial charge >= 0.3 is 0 Å². The molecule has 0 amide bonds. The van der Waals surface area contributed by atoms with Crippen molar-refractivity contribution in [1.82, 2.24) is 4.90 Å². The maximum absolute atomic E-state index is 11.3. The zero-order valence-electron chi connectivity index (χ0n) is 9.52. The van der Waals surface area contributed by atoms with Gasteiger partial charge in [-0.05, 0) is 31.7 Å². The van der Waals surface area contributed by atoms with Gasteiger partial charge in [0.05, 0.1) is 0 Å². The van der Waals surface area contributed by atoms with Gasteiger partial charge in [-0.15, -0.1) is 0 Å². The molecule has 15 heavy (non-hydrogen) atoms. The highest BCUT2D eigenvalue weighted by Crippen LogP contribution is 2.22. The molecule has 0 bridgehead atoms. The second kappa shape index (κ2) is 4.93. The highest BCUT2D eigenvalue weighted by Gasteiger charge is 2.29. The summed E-state index contributed by atoms with van der Waals surface area (Å²) in [4.78, 5) is 2.57. The van der Waals surface area contributed by atoms with Crippen LogP contribution in [0, 0.1) is 5.92 Å². The second-order valence-corrected chi connectivity index (χ2v) is 6.70. The van der Waals surface area contributed by atoms with Crippen molar-refractivity contribution in [2.45, 2.75) is 38.3 Å². The predicted molar refractivity (Wildman–Crippen MR) is 64.2 cm³/mol. The van der Waals surface area contributed by atoms with Crippen LogP contribution in [0.25, 0.3) is 0 Å². The van der Waals surface area contributed by atoms with E-state index in [0.717, 1.165) is 43.9 Å². The lowest BCUT2D eigenvalue weighted by atomic mass is 9.93. The van der Waals surface area contributed by atoms with E-state index in [1.54, 1.807) is 0 Å². The summed E-state index contributed by atoms with van der Waals surface area (Å²) in [6, 6.07) is 1.07. The molecule has 0 spiro atoms. The number of nitrogens with two attached hydrogens (primary N) is 1. The van der Waals surface area contributed by atoms with E-state index in [2.05, 4.69) is 11.8 Å². The molecule has 2 aliphatic rings. The van der Waals surface area contributed by atoms with E-state index < -0.39 is 10.8 Å². The molecule has 3 nitrogen and oxygen atoms in total. The fourth-order valence-corrected chi connectivity index (χ4v) is 3.95. The molecule has 88 valence electrons. The quantitative estimate of drug-likeness (QED) is 0.716. The summed E-state index contributed by atoms with van der Waals surface area (Å²) in [5, 5.41) is 0. The smallest absolute Gasteiger partial charge is 0.0249 e. The summed E-state index contributed by atoms with van der Waals surface area (Å²) in [7, 11) is -0.532. The van der Waals surface area contributed by atoms with E-state index >= 15 is 0 Å². The minimum absolute atomic E-state index is 0.388. The van der Waals surface area contributed by atoms with Crippen molar-refractivity contribution in [3.63, 3.8) is 0 Å². The Labute approximate surface area is 94.9 Å². The Morgan fingerprint density at radius 3 is 2.53 bits per heavy atom. The molecule has 2 unspecified atom stereocenters. The third-order valence-electron chi connectivity index (χ3n) is 3.88. The molecule has 2 heterocycles. The Morgan fingerprint density at radius 1 is 1.27 bits per heavy atom. The first-order valence-electron chi connectivity index (χ1n) is 6.01. The normalized spacial score (nSPS) is 44.1. The molecule has 2 saturated heterocycles. The zero-order chi connectivity index (χ0) is 10.8. The topological polar surface area (TPSA) is 46.3 Å². The van der Waals surface area contributed by atoms with Gasteiger partial charge in [-0.3, -0.25) is 9.11 Å². The Kier molecular flexibility index (Phi) is 3.80. The molecule has 0 radical (unpaired) electrons. The predicted octanol–water partition coefficient (Wildman–Crippen LogP) is 0.567. The molecule has 0 saturated carbocycles. The van der Waals surface area contributed by atoms with Crippen LogP contribution in [-0.4, -0.2) is 45.8 Å². The van der Waals surface area contributed by atoms with Gasteiger partial charge in [-0.25, -0.2) is 0 Å². The van der Waals surface area contributed by atoms with Gasteiger partial charge in [0, 0.05) is 40.9 Å². The minimum atomic E-state index is -0.532. The van der Waals surface area contributed by atoms with Gasteiger partial charge in [-0.1, -0.05) is 6.92 Å². The molecule has 0 aromatic heterocycles. The molecule has 0 aromatic rings. The van der Waals surface area contributed by atoms with Gasteiger partial charge in [0.15, 0.2) is 0 Å². The van der Waals surface area contributed by atoms with Gasteiger partial charge in [0.25, 0.3) is 0 Å². The Hall–Kier alpha value is 0.0700. The third-order valence-corrected chi connectivity index (χ3v) is 5.26. The highest BCUT2D eigenvalue weighted by atomic mass is 32.2. The summed E-state index contributed by atoms with van der Waals surface area (Å²) in [6.45, 7) is 4.53. The van der Waals surface area contributed by atoms with Crippen molar-refractivity contribution in [2.75, 3.05) is 24.6 Å². The largest absolute Gasteiger partial charge is 0.327 e. The van der Waals surface area contributed by atoms with Crippen LogP contribution in [0.1, 0.15) is 26.2 Å². The average molecular weight is 230 g/mol. The van der Waals surface area contributed by atoms with Crippen molar-refractivity contribution >= 4 is 10.8 Å². The Balaban J connectivity index is 1.86. The lowest BCUT2D eigenvalue weighted by molar-refractivity contribution is 0.110. The lowest BCUT2D eigenvalue weighted by Gasteiger charge is -2.41. The van der Waals surface area contributed by atoms with Gasteiger partial charge in [-0.2, -0.15) is 0 Å². The van der Waals surface area contributed by atoms with Crippen LogP contribution < -0.4 is 5.73 Å². The van der Waals surface area contributed by atoms with E-state index in [4.69, 9.17) is 5.73 Å². The Morgan fingerprint density at radius 2 is 1.93 bits per heavy atom. The summed E-state index contributed by atoms with van der Waals surface area (Å²) in [5.41, 5.74) is 6.02. The second-order valence-electron chi connectivity index (χ2n) is 5.00. The molecule has 0 aromatic carbocycles. The number of rotatable bonds is 1. The summed E-state index contributed by atoms with van der Waals surface area (Å²) >= 11 is 0. The molecule has 2 aliphatic heterocycles. The van der Waals surface area contributed by atoms with Crippen LogP contribution >= 0.6 is 0 Å². The van der Waals surface area contributed by atoms with E-state index in [1.165, 1.54) is 0 Å². The molecular formula is C11H22N2OS. The van der Waals surface area contributed by atoms with Crippen LogP contribution in [0.2, 0.25) is 0 Å². The summed E-state index contributed by atoms with van der Waals surface area (Å²) in [5.74, 6) is 2.43. The van der Waals surface area contributed by atoms with Gasteiger partial charge < -0.3 is 5.73 Å². The summed E-state index contributed by atoms with van der Waals surface area (Å²) < 4.78 is 11.3. The Bertz CT molecular complexity index is 237. The van der Waals surface area contributed by atoms with Crippen LogP contribution in [0.15, 0.2) is 0 Å². The fourth-order valence-electron chi connectivity index (χ4n) is 2.67. The number of piperidine rings is 1. The maximum Gasteiger partial charge on any atom is 0.0249 e. The SMILES string of the molecule is CC1CN(C2CCS(=O)CC2)CCC1N. The third kappa shape index (κ3) is 2.80. The van der Waals surface area contributed by atoms with E-state index in [-0.39, 0.29) is 0 Å². The van der Waals surface area contributed by atoms with E-state index in [9.17, 15) is 4.21 Å². The average Bonchev–Trinajstić information content (AvgIpc) is 2.23. The van der Waals surface area contributed by atoms with Crippen LogP contribution in [0.5, 0.6) is 0 Å². The minimum Gasteiger partial charge on any atom is -0.327 e. The fraction of sp³-hybridized carbons (Fsp3) is 1.00. The van der Waals surface area contributed by atoms with Crippen LogP contribution in [0.3, 0.4) is 0 Å². The summed E-state index contributed by atoms with van der Waals surface area (Å²) in [6.07, 6.45) is 3.36. The first-order valence-corrected chi connectivity index (χ1v) is 7.50. The van der Waals surface area contributed by atoms with Crippen molar-refractivity contribution in [2.24, 2.45) is 11.7 Å². The van der Waals surface area contributed by atoms with E-state index in [1.807, 2.05) is 0 Å². The standard InChI is InChI=1S/C11H22N2OS/c1-9-8-13(5-2-11(9)12)10-3-6-15(14)7-4-10/h9-11H,2-8,12H2,1H3. The molecule has 0 aliphatic carbocycles. The van der Waals surface area contributed by atoms with Crippen molar-refractivity contribution < 1.29 is 4.21 Å². The number of nitrogens with zero attached hydrogens (tertiary/aromatic N) is 1. The molecule has 2 fully saturated rings. The van der Waals surface area contributed by atoms with Crippen molar-refractivity contribution in [3.05, 3.63) is 0 Å². The first kappa shape index (κ1) is 11.6. The van der Waals surface area contributed by atoms with Crippen molar-refractivity contribution in [1.29, 1.82) is 0 Å². The number of hydrogen-bond donors (Lipinski definition) is 1. The molecule has 4 heteroatoms. The van der Waals surface area contributed by atoms with Gasteiger partial charge in [0.1, 0.15) is 0 Å². The lowest BCUT2D eigenvalue weighted by Crippen LogP contribution is -2.51. The van der Waals surface area contributed by atoms with Crippen LogP contribution in [0.4, 0.5) is 0 Å². The molecular weight excluding hydrogens is 208 g/mol. The molecule has 2 atom stereocenters. The van der Waals surface area contributed by atoms with Crippen molar-refractivity contribution in [3.8, 4) is 0 Å². The van der Waals surface area contributed by atoms with E-state index in [0.29, 0.717) is 18.0 Å². The van der Waals surface area contributed by atoms with Gasteiger partial charge in [0.2, 0.25) is 0 Å². The maximum atomic E-state index is 11.3. The highest BCUT2D eigenvalue weighted by molar-refractivity contribution is 7.85. The zero-order valence-corrected chi connectivity index (χ0v) is 10.3.